The highest BCUT2D eigenvalue weighted by Gasteiger charge is 2.23. The highest BCUT2D eigenvalue weighted by atomic mass is 16.2. The summed E-state index contributed by atoms with van der Waals surface area (Å²) in [5.41, 5.74) is 5.59. The van der Waals surface area contributed by atoms with Gasteiger partial charge in [-0.05, 0) is 32.7 Å². The molecule has 0 saturated heterocycles. The van der Waals surface area contributed by atoms with Gasteiger partial charge in [0.25, 0.3) is 0 Å². The van der Waals surface area contributed by atoms with Gasteiger partial charge in [0.1, 0.15) is 0 Å². The lowest BCUT2D eigenvalue weighted by atomic mass is 10.2. The summed E-state index contributed by atoms with van der Waals surface area (Å²) in [4.78, 5) is 14.3. The van der Waals surface area contributed by atoms with Gasteiger partial charge in [0.05, 0.1) is 6.04 Å². The van der Waals surface area contributed by atoms with Crippen molar-refractivity contribution in [1.82, 2.24) is 10.2 Å². The molecule has 1 amide bonds. The number of rotatable bonds is 7. The number of carbonyl (C=O) groups is 1. The van der Waals surface area contributed by atoms with Crippen LogP contribution in [0.5, 0.6) is 0 Å². The first-order valence-electron chi connectivity index (χ1n) is 6.93. The molecule has 0 radical (unpaired) electrons. The fourth-order valence-electron chi connectivity index (χ4n) is 2.51. The lowest BCUT2D eigenvalue weighted by Crippen LogP contribution is -2.49. The Hall–Kier alpha value is -0.610. The molecule has 0 aromatic rings. The summed E-state index contributed by atoms with van der Waals surface area (Å²) in [5, 5.41) is 3.15. The smallest absolute Gasteiger partial charge is 0.237 e. The molecule has 0 bridgehead atoms. The summed E-state index contributed by atoms with van der Waals surface area (Å²) in [6.45, 7) is 6.46. The fraction of sp³-hybridized carbons (Fsp3) is 0.923. The van der Waals surface area contributed by atoms with Crippen molar-refractivity contribution in [2.75, 3.05) is 19.6 Å². The molecule has 4 nitrogen and oxygen atoms in total. The molecule has 1 saturated carbocycles. The van der Waals surface area contributed by atoms with Crippen LogP contribution >= 0.6 is 0 Å². The molecule has 0 aliphatic heterocycles. The minimum atomic E-state index is -0.0564. The molecule has 1 fully saturated rings. The van der Waals surface area contributed by atoms with Gasteiger partial charge in [0.15, 0.2) is 0 Å². The van der Waals surface area contributed by atoms with E-state index in [0.29, 0.717) is 12.6 Å². The maximum absolute atomic E-state index is 12.1. The Kier molecular flexibility index (Phi) is 6.52. The minimum absolute atomic E-state index is 0.0564. The van der Waals surface area contributed by atoms with Gasteiger partial charge in [-0.15, -0.1) is 0 Å². The van der Waals surface area contributed by atoms with Crippen LogP contribution in [0.25, 0.3) is 0 Å². The number of hydrogen-bond donors (Lipinski definition) is 2. The van der Waals surface area contributed by atoms with Gasteiger partial charge in [0.2, 0.25) is 5.91 Å². The Morgan fingerprint density at radius 1 is 1.41 bits per heavy atom. The topological polar surface area (TPSA) is 58.4 Å². The van der Waals surface area contributed by atoms with E-state index in [4.69, 9.17) is 5.73 Å². The van der Waals surface area contributed by atoms with E-state index in [1.54, 1.807) is 0 Å². The van der Waals surface area contributed by atoms with Crippen LogP contribution in [0.3, 0.4) is 0 Å². The SMILES string of the molecule is CCCN(CCN)C(C)C(=O)NC1CCCC1. The van der Waals surface area contributed by atoms with Crippen LogP contribution in [0.2, 0.25) is 0 Å². The third-order valence-corrected chi connectivity index (χ3v) is 3.56. The zero-order chi connectivity index (χ0) is 12.7. The summed E-state index contributed by atoms with van der Waals surface area (Å²) in [6, 6.07) is 0.352. The van der Waals surface area contributed by atoms with Crippen LogP contribution in [-0.4, -0.2) is 42.5 Å². The molecule has 3 N–H and O–H groups in total. The molecule has 0 aromatic heterocycles. The molecule has 1 unspecified atom stereocenters. The predicted octanol–water partition coefficient (Wildman–Crippen LogP) is 1.10. The average molecular weight is 241 g/mol. The normalized spacial score (nSPS) is 18.6. The molecular weight excluding hydrogens is 214 g/mol. The summed E-state index contributed by atoms with van der Waals surface area (Å²) in [7, 11) is 0. The molecule has 1 atom stereocenters. The van der Waals surface area contributed by atoms with E-state index in [1.165, 1.54) is 12.8 Å². The number of hydrogen-bond acceptors (Lipinski definition) is 3. The van der Waals surface area contributed by atoms with E-state index in [2.05, 4.69) is 17.1 Å². The second-order valence-corrected chi connectivity index (χ2v) is 4.99. The van der Waals surface area contributed by atoms with E-state index in [-0.39, 0.29) is 11.9 Å². The van der Waals surface area contributed by atoms with Gasteiger partial charge in [-0.25, -0.2) is 0 Å². The Morgan fingerprint density at radius 3 is 2.59 bits per heavy atom. The van der Waals surface area contributed by atoms with Gasteiger partial charge < -0.3 is 11.1 Å². The van der Waals surface area contributed by atoms with Crippen molar-refractivity contribution >= 4 is 5.91 Å². The van der Waals surface area contributed by atoms with Crippen molar-refractivity contribution < 1.29 is 4.79 Å². The predicted molar refractivity (Wildman–Crippen MR) is 70.8 cm³/mol. The van der Waals surface area contributed by atoms with Crippen LogP contribution in [0.1, 0.15) is 46.0 Å². The largest absolute Gasteiger partial charge is 0.352 e. The zero-order valence-corrected chi connectivity index (χ0v) is 11.2. The Labute approximate surface area is 105 Å². The minimum Gasteiger partial charge on any atom is -0.352 e. The first-order valence-corrected chi connectivity index (χ1v) is 6.93. The lowest BCUT2D eigenvalue weighted by Gasteiger charge is -2.28. The zero-order valence-electron chi connectivity index (χ0n) is 11.2. The van der Waals surface area contributed by atoms with Gasteiger partial charge in [-0.2, -0.15) is 0 Å². The third-order valence-electron chi connectivity index (χ3n) is 3.56. The van der Waals surface area contributed by atoms with Crippen LogP contribution in [-0.2, 0) is 4.79 Å². The van der Waals surface area contributed by atoms with Crippen LogP contribution in [0.15, 0.2) is 0 Å². The van der Waals surface area contributed by atoms with Crippen molar-refractivity contribution in [3.63, 3.8) is 0 Å². The number of nitrogens with zero attached hydrogens (tertiary/aromatic N) is 1. The van der Waals surface area contributed by atoms with E-state index in [9.17, 15) is 4.79 Å². The second kappa shape index (κ2) is 7.67. The highest BCUT2D eigenvalue weighted by Crippen LogP contribution is 2.17. The molecule has 100 valence electrons. The van der Waals surface area contributed by atoms with E-state index in [0.717, 1.165) is 32.4 Å². The first kappa shape index (κ1) is 14.5. The van der Waals surface area contributed by atoms with Gasteiger partial charge >= 0.3 is 0 Å². The van der Waals surface area contributed by atoms with Crippen molar-refractivity contribution in [3.8, 4) is 0 Å². The summed E-state index contributed by atoms with van der Waals surface area (Å²) in [6.07, 6.45) is 5.84. The molecule has 0 spiro atoms. The maximum atomic E-state index is 12.1. The monoisotopic (exact) mass is 241 g/mol. The summed E-state index contributed by atoms with van der Waals surface area (Å²) in [5.74, 6) is 0.166. The standard InChI is InChI=1S/C13H27N3O/c1-3-9-16(10-8-14)11(2)13(17)15-12-6-4-5-7-12/h11-12H,3-10,14H2,1-2H3,(H,15,17). The molecule has 0 heterocycles. The quantitative estimate of drug-likeness (QED) is 0.702. The summed E-state index contributed by atoms with van der Waals surface area (Å²) < 4.78 is 0. The summed E-state index contributed by atoms with van der Waals surface area (Å²) >= 11 is 0. The van der Waals surface area contributed by atoms with Crippen LogP contribution < -0.4 is 11.1 Å². The maximum Gasteiger partial charge on any atom is 0.237 e. The number of carbonyl (C=O) groups excluding carboxylic acids is 1. The van der Waals surface area contributed by atoms with E-state index in [1.807, 2.05) is 6.92 Å². The average Bonchev–Trinajstić information content (AvgIpc) is 2.80. The molecule has 1 aliphatic rings. The molecule has 1 aliphatic carbocycles. The lowest BCUT2D eigenvalue weighted by molar-refractivity contribution is -0.126. The van der Waals surface area contributed by atoms with Gasteiger partial charge in [0, 0.05) is 19.1 Å². The van der Waals surface area contributed by atoms with Crippen molar-refractivity contribution in [1.29, 1.82) is 0 Å². The van der Waals surface area contributed by atoms with E-state index < -0.39 is 0 Å². The van der Waals surface area contributed by atoms with E-state index >= 15 is 0 Å². The van der Waals surface area contributed by atoms with Crippen molar-refractivity contribution in [3.05, 3.63) is 0 Å². The Morgan fingerprint density at radius 2 is 2.06 bits per heavy atom. The molecular formula is C13H27N3O. The Balaban J connectivity index is 2.41. The van der Waals surface area contributed by atoms with Crippen molar-refractivity contribution in [2.24, 2.45) is 5.73 Å². The van der Waals surface area contributed by atoms with Gasteiger partial charge in [-0.3, -0.25) is 9.69 Å². The third kappa shape index (κ3) is 4.64. The fourth-order valence-corrected chi connectivity index (χ4v) is 2.51. The molecule has 4 heteroatoms. The number of nitrogens with one attached hydrogen (secondary N) is 1. The van der Waals surface area contributed by atoms with Crippen LogP contribution in [0.4, 0.5) is 0 Å². The molecule has 1 rings (SSSR count). The van der Waals surface area contributed by atoms with Crippen molar-refractivity contribution in [2.45, 2.75) is 58.0 Å². The highest BCUT2D eigenvalue weighted by molar-refractivity contribution is 5.81. The number of nitrogens with two attached hydrogens (primary N) is 1. The molecule has 17 heavy (non-hydrogen) atoms. The Bertz CT molecular complexity index is 221. The number of amides is 1. The second-order valence-electron chi connectivity index (χ2n) is 4.99. The molecule has 0 aromatic carbocycles. The van der Waals surface area contributed by atoms with Gasteiger partial charge in [-0.1, -0.05) is 19.8 Å². The first-order chi connectivity index (χ1) is 8.19. The van der Waals surface area contributed by atoms with Crippen LogP contribution in [0, 0.1) is 0 Å².